The van der Waals surface area contributed by atoms with E-state index in [0.717, 1.165) is 25.1 Å². The molecule has 1 amide bonds. The molecule has 0 aromatic heterocycles. The summed E-state index contributed by atoms with van der Waals surface area (Å²) in [6, 6.07) is 6.04. The van der Waals surface area contributed by atoms with Crippen molar-refractivity contribution in [2.24, 2.45) is 23.5 Å². The third kappa shape index (κ3) is 24.9. The summed E-state index contributed by atoms with van der Waals surface area (Å²) in [5.74, 6) is -6.39. The Morgan fingerprint density at radius 2 is 1.35 bits per heavy atom. The van der Waals surface area contributed by atoms with Crippen molar-refractivity contribution in [3.63, 3.8) is 0 Å². The molecular formula is C66H100N4O18. The van der Waals surface area contributed by atoms with Gasteiger partial charge in [-0.05, 0) is 102 Å². The number of aliphatic hydroxyl groups excluding tert-OH is 9. The van der Waals surface area contributed by atoms with E-state index in [9.17, 15) is 70.2 Å². The van der Waals surface area contributed by atoms with Gasteiger partial charge in [0, 0.05) is 75.3 Å². The first-order valence-corrected chi connectivity index (χ1v) is 31.1. The maximum Gasteiger partial charge on any atom is 0.308 e. The van der Waals surface area contributed by atoms with Crippen LogP contribution in [0.5, 0.6) is 0 Å². The summed E-state index contributed by atoms with van der Waals surface area (Å²) in [5, 5.41) is 117. The molecule has 4 heterocycles. The smallest absolute Gasteiger partial charge is 0.308 e. The van der Waals surface area contributed by atoms with Crippen LogP contribution in [0.25, 0.3) is 0 Å². The average molecular weight is 1240 g/mol. The monoisotopic (exact) mass is 1240 g/mol. The van der Waals surface area contributed by atoms with Crippen molar-refractivity contribution in [3.05, 3.63) is 115 Å². The summed E-state index contributed by atoms with van der Waals surface area (Å²) in [6.07, 6.45) is 6.19. The molecule has 0 radical (unpaired) electrons. The summed E-state index contributed by atoms with van der Waals surface area (Å²) >= 11 is 0. The van der Waals surface area contributed by atoms with E-state index in [-0.39, 0.29) is 55.8 Å². The molecule has 22 heteroatoms. The summed E-state index contributed by atoms with van der Waals surface area (Å²) in [5.41, 5.74) is 7.48. The number of nitrogens with two attached hydrogens (primary N) is 1. The van der Waals surface area contributed by atoms with Gasteiger partial charge < -0.3 is 91.3 Å². The Labute approximate surface area is 518 Å². The molecule has 0 aliphatic carbocycles. The molecule has 2 bridgehead atoms. The molecular weight excluding hydrogens is 1140 g/mol. The molecule has 20 atom stereocenters. The normalized spacial score (nSPS) is 35.1. The predicted molar refractivity (Wildman–Crippen MR) is 331 cm³/mol. The highest BCUT2D eigenvalue weighted by Crippen LogP contribution is 2.38. The summed E-state index contributed by atoms with van der Waals surface area (Å²) < 4.78 is 24.4. The number of esters is 1. The number of nitrogens with one attached hydrogen (secondary N) is 2. The number of amides is 1. The zero-order valence-electron chi connectivity index (χ0n) is 51.6. The molecule has 1 aromatic rings. The lowest BCUT2D eigenvalue weighted by Crippen LogP contribution is -2.62. The number of rotatable bonds is 14. The minimum absolute atomic E-state index is 0.102. The second-order valence-electron chi connectivity index (χ2n) is 24.4. The molecule has 15 unspecified atom stereocenters. The molecule has 4 aliphatic heterocycles. The Hall–Kier alpha value is -5.12. The number of hydrogen-bond donors (Lipinski definition) is 13. The van der Waals surface area contributed by atoms with Gasteiger partial charge in [0.05, 0.1) is 85.5 Å². The number of cyclic esters (lactones) is 1. The van der Waals surface area contributed by atoms with Gasteiger partial charge in [-0.1, -0.05) is 98.9 Å². The SMILES string of the molecule is CNc1ccc(C(=O)CC(O)CCC(C)C2OC(=O)CC(O)CC(=O)CC(O)CC(O)CC(O)CC(O)CC3(O)CC(O)C(C(=O)NCCC4CCCN4C)C(CC(O[C@@H]4O[C@H](C)[C@@H](O)[C@H](N)[C@@H]4O)C=CC=CC=CC=CC=CC=CC=CC2C)O3)cc1. The highest BCUT2D eigenvalue weighted by atomic mass is 16.7. The number of carbonyl (C=O) groups is 4. The average Bonchev–Trinajstić information content (AvgIpc) is 1.15. The van der Waals surface area contributed by atoms with Gasteiger partial charge in [-0.2, -0.15) is 0 Å². The Morgan fingerprint density at radius 3 is 1.97 bits per heavy atom. The van der Waals surface area contributed by atoms with E-state index in [1.54, 1.807) is 99.0 Å². The fourth-order valence-corrected chi connectivity index (χ4v) is 11.9. The van der Waals surface area contributed by atoms with Crippen molar-refractivity contribution >= 4 is 29.1 Å². The Morgan fingerprint density at radius 1 is 0.761 bits per heavy atom. The van der Waals surface area contributed by atoms with Crippen molar-refractivity contribution in [1.29, 1.82) is 0 Å². The lowest BCUT2D eigenvalue weighted by molar-refractivity contribution is -0.307. The van der Waals surface area contributed by atoms with Crippen LogP contribution >= 0.6 is 0 Å². The van der Waals surface area contributed by atoms with Crippen molar-refractivity contribution in [1.82, 2.24) is 10.2 Å². The van der Waals surface area contributed by atoms with E-state index >= 15 is 0 Å². The molecule has 0 spiro atoms. The highest BCUT2D eigenvalue weighted by Gasteiger charge is 2.51. The zero-order chi connectivity index (χ0) is 64.5. The van der Waals surface area contributed by atoms with Gasteiger partial charge in [-0.3, -0.25) is 19.2 Å². The summed E-state index contributed by atoms with van der Waals surface area (Å²) in [6.45, 7) is 6.51. The third-order valence-corrected chi connectivity index (χ3v) is 16.8. The number of ether oxygens (including phenoxy) is 4. The van der Waals surface area contributed by atoms with Crippen LogP contribution in [-0.2, 0) is 33.3 Å². The minimum atomic E-state index is -2.28. The molecule has 88 heavy (non-hydrogen) atoms. The molecule has 22 nitrogen and oxygen atoms in total. The van der Waals surface area contributed by atoms with E-state index in [0.29, 0.717) is 24.9 Å². The number of carbonyl (C=O) groups excluding carboxylic acids is 4. The fourth-order valence-electron chi connectivity index (χ4n) is 11.9. The van der Waals surface area contributed by atoms with Crippen molar-refractivity contribution in [2.45, 2.75) is 221 Å². The van der Waals surface area contributed by atoms with Gasteiger partial charge in [-0.25, -0.2) is 0 Å². The van der Waals surface area contributed by atoms with Gasteiger partial charge in [0.1, 0.15) is 18.0 Å². The third-order valence-electron chi connectivity index (χ3n) is 16.8. The molecule has 3 saturated heterocycles. The fraction of sp³-hybridized carbons (Fsp3) is 0.636. The van der Waals surface area contributed by atoms with E-state index in [4.69, 9.17) is 24.7 Å². The number of likely N-dealkylation sites (tertiary alicyclic amines) is 1. The number of hydrogen-bond acceptors (Lipinski definition) is 21. The van der Waals surface area contributed by atoms with Crippen LogP contribution in [0, 0.1) is 17.8 Å². The summed E-state index contributed by atoms with van der Waals surface area (Å²) in [7, 11) is 3.79. The van der Waals surface area contributed by atoms with Gasteiger partial charge in [-0.15, -0.1) is 0 Å². The standard InChI is InChI=1S/C66H100N4O18/c1-41-19-16-14-12-10-8-6-7-9-11-13-15-17-21-54(86-65-62(82)60(67)61(81)43(3)85-65)38-57-59(64(83)69-29-28-46-20-18-30-70(46)5)56(79)40-66(84,88-57)39-53(77)35-51(75)33-49(73)31-48(72)32-50(74)34-52(76)37-58(80)87-63(41)42(2)22-27-47(71)36-55(78)44-23-25-45(68-4)26-24-44/h6-17,19,21,23-26,41-43,46-49,51-54,56-57,59-63,65,68,71-73,75-77,79,81-82,84H,18,20,22,27-40,67H2,1-5H3,(H,69,83)/t41?,42?,43-,46?,47?,48?,49?,51?,52?,53?,54?,56?,57?,59?,60+,61-,62+,63?,65+,66?/m1/s1. The van der Waals surface area contributed by atoms with E-state index in [1.807, 2.05) is 45.2 Å². The lowest BCUT2D eigenvalue weighted by Gasteiger charge is -2.46. The van der Waals surface area contributed by atoms with Crippen LogP contribution < -0.4 is 16.4 Å². The number of anilines is 1. The first-order chi connectivity index (χ1) is 41.8. The molecule has 14 N–H and O–H groups in total. The highest BCUT2D eigenvalue weighted by molar-refractivity contribution is 5.96. The second kappa shape index (κ2) is 37.3. The number of fused-ring (bicyclic) bond motifs is 2. The number of Topliss-reactive ketones (excluding diaryl/α,β-unsaturated/α-hetero) is 2. The van der Waals surface area contributed by atoms with Gasteiger partial charge >= 0.3 is 5.97 Å². The van der Waals surface area contributed by atoms with Crippen molar-refractivity contribution in [2.75, 3.05) is 32.5 Å². The van der Waals surface area contributed by atoms with E-state index in [1.165, 1.54) is 0 Å². The quantitative estimate of drug-likeness (QED) is 0.0939. The molecule has 1 aromatic carbocycles. The van der Waals surface area contributed by atoms with Crippen LogP contribution in [0.4, 0.5) is 5.69 Å². The Balaban J connectivity index is 1.35. The van der Waals surface area contributed by atoms with Gasteiger partial charge in [0.2, 0.25) is 5.91 Å². The molecule has 3 fully saturated rings. The predicted octanol–water partition coefficient (Wildman–Crippen LogP) is 3.26. The Kier molecular flexibility index (Phi) is 31.2. The first kappa shape index (κ1) is 73.6. The number of nitrogens with zero attached hydrogens (tertiary/aromatic N) is 1. The van der Waals surface area contributed by atoms with Gasteiger partial charge in [0.25, 0.3) is 0 Å². The van der Waals surface area contributed by atoms with Crippen LogP contribution in [0.1, 0.15) is 127 Å². The van der Waals surface area contributed by atoms with E-state index < -0.39 is 160 Å². The van der Waals surface area contributed by atoms with Gasteiger partial charge in [0.15, 0.2) is 17.9 Å². The molecule has 0 saturated carbocycles. The van der Waals surface area contributed by atoms with Crippen LogP contribution in [0.2, 0.25) is 0 Å². The number of ketones is 2. The maximum atomic E-state index is 14.1. The Bertz CT molecular complexity index is 2520. The zero-order valence-corrected chi connectivity index (χ0v) is 51.6. The topological polar surface area (TPSA) is 361 Å². The number of aliphatic hydroxyl groups is 10. The van der Waals surface area contributed by atoms with Crippen molar-refractivity contribution in [3.8, 4) is 0 Å². The second-order valence-corrected chi connectivity index (χ2v) is 24.4. The van der Waals surface area contributed by atoms with Crippen LogP contribution in [0.3, 0.4) is 0 Å². The maximum absolute atomic E-state index is 14.1. The van der Waals surface area contributed by atoms with Crippen molar-refractivity contribution < 1.29 is 89.2 Å². The molecule has 4 aliphatic rings. The molecule has 492 valence electrons. The minimum Gasteiger partial charge on any atom is -0.461 e. The van der Waals surface area contributed by atoms with Crippen LogP contribution in [0.15, 0.2) is 109 Å². The first-order valence-electron chi connectivity index (χ1n) is 31.1. The van der Waals surface area contributed by atoms with Crippen LogP contribution in [-0.4, -0.2) is 210 Å². The largest absolute Gasteiger partial charge is 0.461 e. The number of allylic oxidation sites excluding steroid dienone is 12. The summed E-state index contributed by atoms with van der Waals surface area (Å²) in [4.78, 5) is 55.8. The van der Waals surface area contributed by atoms with E-state index in [2.05, 4.69) is 15.5 Å². The molecule has 5 rings (SSSR count). The number of benzene rings is 1. The lowest BCUT2D eigenvalue weighted by atomic mass is 9.82.